The Kier molecular flexibility index (Phi) is 4.17. The molecule has 0 amide bonds. The highest BCUT2D eigenvalue weighted by Gasteiger charge is 2.31. The van der Waals surface area contributed by atoms with Crippen LogP contribution in [0.2, 0.25) is 0 Å². The zero-order valence-electron chi connectivity index (χ0n) is 11.9. The number of carbonyl (C=O) groups is 1. The van der Waals surface area contributed by atoms with E-state index >= 15 is 0 Å². The van der Waals surface area contributed by atoms with Crippen LogP contribution in [-0.4, -0.2) is 16.6 Å². The minimum Gasteiger partial charge on any atom is -0.480 e. The molecule has 0 aromatic heterocycles. The van der Waals surface area contributed by atoms with Gasteiger partial charge in [0.15, 0.2) is 0 Å². The minimum atomic E-state index is -1.18. The molecule has 3 heteroatoms. The van der Waals surface area contributed by atoms with E-state index in [-0.39, 0.29) is 5.92 Å². The smallest absolute Gasteiger partial charge is 0.323 e. The molecule has 1 rings (SSSR count). The molecule has 0 aliphatic rings. The number of carboxylic acid groups (broad SMARTS) is 1. The summed E-state index contributed by atoms with van der Waals surface area (Å²) in [5, 5.41) is 9.11. The lowest BCUT2D eigenvalue weighted by Gasteiger charge is -2.26. The SMILES string of the molecule is Cc1ccc(C)c(C(C)CC(C)(N)C(=O)O)c1C. The summed E-state index contributed by atoms with van der Waals surface area (Å²) in [5.41, 5.74) is 9.56. The van der Waals surface area contributed by atoms with Crippen LogP contribution < -0.4 is 5.73 Å². The number of carboxylic acids is 1. The molecular formula is C15H23NO2. The summed E-state index contributed by atoms with van der Waals surface area (Å²) in [6.45, 7) is 9.84. The first-order valence-corrected chi connectivity index (χ1v) is 6.25. The number of nitrogens with two attached hydrogens (primary N) is 1. The Morgan fingerprint density at radius 1 is 1.33 bits per heavy atom. The van der Waals surface area contributed by atoms with Crippen LogP contribution in [0.1, 0.15) is 48.4 Å². The number of benzene rings is 1. The van der Waals surface area contributed by atoms with Crippen molar-refractivity contribution in [1.82, 2.24) is 0 Å². The van der Waals surface area contributed by atoms with Crippen molar-refractivity contribution in [2.45, 2.75) is 52.5 Å². The van der Waals surface area contributed by atoms with Gasteiger partial charge in [-0.25, -0.2) is 0 Å². The zero-order chi connectivity index (χ0) is 14.1. The Balaban J connectivity index is 3.09. The van der Waals surface area contributed by atoms with Gasteiger partial charge in [-0.3, -0.25) is 4.79 Å². The van der Waals surface area contributed by atoms with Crippen molar-refractivity contribution in [2.24, 2.45) is 5.73 Å². The first-order chi connectivity index (χ1) is 8.16. The summed E-state index contributed by atoms with van der Waals surface area (Å²) in [6, 6.07) is 4.18. The predicted molar refractivity (Wildman–Crippen MR) is 73.9 cm³/mol. The number of aryl methyl sites for hydroxylation is 2. The molecule has 0 spiro atoms. The van der Waals surface area contributed by atoms with E-state index < -0.39 is 11.5 Å². The van der Waals surface area contributed by atoms with Crippen LogP contribution in [-0.2, 0) is 4.79 Å². The second kappa shape index (κ2) is 5.11. The fourth-order valence-electron chi connectivity index (χ4n) is 2.56. The van der Waals surface area contributed by atoms with Crippen LogP contribution in [0.25, 0.3) is 0 Å². The second-order valence-corrected chi connectivity index (χ2v) is 5.57. The van der Waals surface area contributed by atoms with E-state index in [0.29, 0.717) is 6.42 Å². The molecule has 18 heavy (non-hydrogen) atoms. The number of aliphatic carboxylic acids is 1. The van der Waals surface area contributed by atoms with E-state index in [1.807, 2.05) is 6.92 Å². The van der Waals surface area contributed by atoms with Crippen molar-refractivity contribution in [2.75, 3.05) is 0 Å². The van der Waals surface area contributed by atoms with Crippen molar-refractivity contribution in [3.8, 4) is 0 Å². The summed E-state index contributed by atoms with van der Waals surface area (Å²) in [6.07, 6.45) is 0.438. The first-order valence-electron chi connectivity index (χ1n) is 6.25. The van der Waals surface area contributed by atoms with Crippen molar-refractivity contribution in [3.05, 3.63) is 34.4 Å². The summed E-state index contributed by atoms with van der Waals surface area (Å²) in [4.78, 5) is 11.1. The molecule has 0 radical (unpaired) electrons. The van der Waals surface area contributed by atoms with Gasteiger partial charge < -0.3 is 10.8 Å². The monoisotopic (exact) mass is 249 g/mol. The number of hydrogen-bond donors (Lipinski definition) is 2. The molecule has 0 saturated heterocycles. The average molecular weight is 249 g/mol. The molecule has 0 fully saturated rings. The number of rotatable bonds is 4. The first kappa shape index (κ1) is 14.7. The highest BCUT2D eigenvalue weighted by atomic mass is 16.4. The highest BCUT2D eigenvalue weighted by Crippen LogP contribution is 2.31. The van der Waals surface area contributed by atoms with E-state index in [1.165, 1.54) is 22.3 Å². The van der Waals surface area contributed by atoms with Crippen LogP contribution in [0, 0.1) is 20.8 Å². The molecule has 0 heterocycles. The Morgan fingerprint density at radius 2 is 1.83 bits per heavy atom. The number of hydrogen-bond acceptors (Lipinski definition) is 2. The Bertz CT molecular complexity index is 464. The molecule has 2 unspecified atom stereocenters. The molecule has 0 aliphatic carbocycles. The summed E-state index contributed by atoms with van der Waals surface area (Å²) in [7, 11) is 0. The lowest BCUT2D eigenvalue weighted by molar-refractivity contribution is -0.143. The van der Waals surface area contributed by atoms with Crippen LogP contribution in [0.3, 0.4) is 0 Å². The average Bonchev–Trinajstić information content (AvgIpc) is 2.23. The second-order valence-electron chi connectivity index (χ2n) is 5.57. The maximum absolute atomic E-state index is 11.1. The van der Waals surface area contributed by atoms with E-state index in [0.717, 1.165) is 0 Å². The Morgan fingerprint density at radius 3 is 2.33 bits per heavy atom. The summed E-state index contributed by atoms with van der Waals surface area (Å²) < 4.78 is 0. The quantitative estimate of drug-likeness (QED) is 0.862. The minimum absolute atomic E-state index is 0.135. The Hall–Kier alpha value is -1.35. The predicted octanol–water partition coefficient (Wildman–Crippen LogP) is 2.91. The van der Waals surface area contributed by atoms with Crippen molar-refractivity contribution < 1.29 is 9.90 Å². The zero-order valence-corrected chi connectivity index (χ0v) is 11.9. The molecule has 1 aromatic rings. The lowest BCUT2D eigenvalue weighted by Crippen LogP contribution is -2.45. The largest absolute Gasteiger partial charge is 0.480 e. The van der Waals surface area contributed by atoms with E-state index in [2.05, 4.69) is 32.9 Å². The molecular weight excluding hydrogens is 226 g/mol. The van der Waals surface area contributed by atoms with Gasteiger partial charge in [-0.2, -0.15) is 0 Å². The van der Waals surface area contributed by atoms with Crippen molar-refractivity contribution >= 4 is 5.97 Å². The molecule has 1 aromatic carbocycles. The third-order valence-electron chi connectivity index (χ3n) is 3.72. The molecule has 2 atom stereocenters. The van der Waals surface area contributed by atoms with Gasteiger partial charge in [-0.05, 0) is 62.3 Å². The maximum atomic E-state index is 11.1. The molecule has 3 N–H and O–H groups in total. The van der Waals surface area contributed by atoms with Gasteiger partial charge in [0.05, 0.1) is 0 Å². The van der Waals surface area contributed by atoms with Gasteiger partial charge in [0, 0.05) is 0 Å². The summed E-state index contributed by atoms with van der Waals surface area (Å²) in [5.74, 6) is -0.812. The van der Waals surface area contributed by atoms with Crippen LogP contribution in [0.4, 0.5) is 0 Å². The van der Waals surface area contributed by atoms with Crippen LogP contribution >= 0.6 is 0 Å². The van der Waals surface area contributed by atoms with E-state index in [9.17, 15) is 4.79 Å². The van der Waals surface area contributed by atoms with Gasteiger partial charge >= 0.3 is 5.97 Å². The van der Waals surface area contributed by atoms with Crippen LogP contribution in [0.15, 0.2) is 12.1 Å². The normalized spacial score (nSPS) is 16.1. The molecule has 100 valence electrons. The van der Waals surface area contributed by atoms with E-state index in [1.54, 1.807) is 6.92 Å². The molecule has 0 bridgehead atoms. The van der Waals surface area contributed by atoms with Gasteiger partial charge in [-0.1, -0.05) is 19.1 Å². The highest BCUT2D eigenvalue weighted by molar-refractivity contribution is 5.78. The third kappa shape index (κ3) is 2.91. The van der Waals surface area contributed by atoms with Gasteiger partial charge in [0.25, 0.3) is 0 Å². The fourth-order valence-corrected chi connectivity index (χ4v) is 2.56. The van der Waals surface area contributed by atoms with Gasteiger partial charge in [-0.15, -0.1) is 0 Å². The summed E-state index contributed by atoms with van der Waals surface area (Å²) >= 11 is 0. The lowest BCUT2D eigenvalue weighted by atomic mass is 9.82. The van der Waals surface area contributed by atoms with Gasteiger partial charge in [0.1, 0.15) is 5.54 Å². The Labute approximate surface area is 109 Å². The molecule has 0 aliphatic heterocycles. The fraction of sp³-hybridized carbons (Fsp3) is 0.533. The standard InChI is InChI=1S/C15H23NO2/c1-9-6-7-10(2)13(12(9)4)11(3)8-15(5,16)14(17)18/h6-7,11H,8,16H2,1-5H3,(H,17,18). The van der Waals surface area contributed by atoms with Gasteiger partial charge in [0.2, 0.25) is 0 Å². The third-order valence-corrected chi connectivity index (χ3v) is 3.72. The van der Waals surface area contributed by atoms with Crippen LogP contribution in [0.5, 0.6) is 0 Å². The van der Waals surface area contributed by atoms with Crippen molar-refractivity contribution in [1.29, 1.82) is 0 Å². The molecule has 0 saturated carbocycles. The van der Waals surface area contributed by atoms with E-state index in [4.69, 9.17) is 10.8 Å². The topological polar surface area (TPSA) is 63.3 Å². The molecule has 3 nitrogen and oxygen atoms in total. The maximum Gasteiger partial charge on any atom is 0.323 e. The van der Waals surface area contributed by atoms with Crippen molar-refractivity contribution in [3.63, 3.8) is 0 Å².